The molecule has 0 bridgehead atoms. The highest BCUT2D eigenvalue weighted by Crippen LogP contribution is 2.29. The van der Waals surface area contributed by atoms with Crippen molar-refractivity contribution < 1.29 is 27.4 Å². The van der Waals surface area contributed by atoms with Crippen molar-refractivity contribution in [3.8, 4) is 11.1 Å². The van der Waals surface area contributed by atoms with Crippen LogP contribution in [0.1, 0.15) is 17.4 Å². The molecule has 3 rings (SSSR count). The van der Waals surface area contributed by atoms with Crippen LogP contribution in [0.15, 0.2) is 48.5 Å². The highest BCUT2D eigenvalue weighted by atomic mass is 19.4. The van der Waals surface area contributed by atoms with Crippen molar-refractivity contribution in [2.45, 2.75) is 25.7 Å². The fourth-order valence-electron chi connectivity index (χ4n) is 2.51. The van der Waals surface area contributed by atoms with Gasteiger partial charge in [-0.3, -0.25) is 4.74 Å². The van der Waals surface area contributed by atoms with Gasteiger partial charge in [-0.05, 0) is 18.1 Å². The highest BCUT2D eigenvalue weighted by Gasteiger charge is 2.36. The van der Waals surface area contributed by atoms with Crippen LogP contribution in [0.25, 0.3) is 11.1 Å². The second-order valence-electron chi connectivity index (χ2n) is 5.67. The third-order valence-electron chi connectivity index (χ3n) is 3.74. The van der Waals surface area contributed by atoms with Crippen molar-refractivity contribution in [2.24, 2.45) is 0 Å². The monoisotopic (exact) mass is 338 g/mol. The number of ether oxygens (including phenoxy) is 3. The molecule has 0 spiro atoms. The van der Waals surface area contributed by atoms with Crippen molar-refractivity contribution in [1.82, 2.24) is 0 Å². The number of alkyl halides is 3. The molecule has 0 unspecified atom stereocenters. The smallest absolute Gasteiger partial charge is 0.346 e. The fourth-order valence-corrected chi connectivity index (χ4v) is 2.51. The Kier molecular flexibility index (Phi) is 4.89. The molecule has 1 fully saturated rings. The molecule has 6 heteroatoms. The van der Waals surface area contributed by atoms with Crippen LogP contribution in [-0.2, 0) is 14.2 Å². The number of benzene rings is 2. The van der Waals surface area contributed by atoms with Gasteiger partial charge in [-0.15, -0.1) is 13.2 Å². The number of hydrogen-bond donors (Lipinski definition) is 0. The maximum absolute atomic E-state index is 12.2. The predicted octanol–water partition coefficient (Wildman–Crippen LogP) is 4.61. The van der Waals surface area contributed by atoms with E-state index in [-0.39, 0.29) is 13.2 Å². The molecule has 0 saturated carbocycles. The van der Waals surface area contributed by atoms with Gasteiger partial charge in [0, 0.05) is 5.56 Å². The van der Waals surface area contributed by atoms with Crippen LogP contribution in [0.3, 0.4) is 0 Å². The SMILES string of the molecule is Cc1ccc(-c2ccc(C3OCC(OC(F)(F)F)CO3)cc2)cc1. The van der Waals surface area contributed by atoms with E-state index in [0.29, 0.717) is 0 Å². The quantitative estimate of drug-likeness (QED) is 0.818. The molecule has 0 aliphatic carbocycles. The maximum atomic E-state index is 12.2. The minimum Gasteiger partial charge on any atom is -0.346 e. The van der Waals surface area contributed by atoms with Crippen LogP contribution in [0.5, 0.6) is 0 Å². The largest absolute Gasteiger partial charge is 0.522 e. The molecule has 24 heavy (non-hydrogen) atoms. The van der Waals surface area contributed by atoms with Crippen LogP contribution in [-0.4, -0.2) is 25.7 Å². The Hall–Kier alpha value is -1.89. The average Bonchev–Trinajstić information content (AvgIpc) is 2.55. The summed E-state index contributed by atoms with van der Waals surface area (Å²) in [6.45, 7) is 1.70. The second-order valence-corrected chi connectivity index (χ2v) is 5.67. The van der Waals surface area contributed by atoms with E-state index in [4.69, 9.17) is 9.47 Å². The van der Waals surface area contributed by atoms with Gasteiger partial charge in [0.25, 0.3) is 0 Å². The second kappa shape index (κ2) is 6.93. The molecule has 0 radical (unpaired) electrons. The standard InChI is InChI=1S/C18H17F3O3/c1-12-2-4-13(5-3-12)14-6-8-15(9-7-14)17-22-10-16(11-23-17)24-18(19,20)21/h2-9,16-17H,10-11H2,1H3. The summed E-state index contributed by atoms with van der Waals surface area (Å²) < 4.78 is 51.0. The third kappa shape index (κ3) is 4.35. The summed E-state index contributed by atoms with van der Waals surface area (Å²) in [5.74, 6) is 0. The predicted molar refractivity (Wildman–Crippen MR) is 82.2 cm³/mol. The van der Waals surface area contributed by atoms with Gasteiger partial charge >= 0.3 is 6.36 Å². The molecule has 1 heterocycles. The van der Waals surface area contributed by atoms with Gasteiger partial charge in [0.2, 0.25) is 0 Å². The first kappa shape index (κ1) is 17.0. The van der Waals surface area contributed by atoms with E-state index in [1.807, 2.05) is 55.5 Å². The highest BCUT2D eigenvalue weighted by molar-refractivity contribution is 5.63. The van der Waals surface area contributed by atoms with Crippen LogP contribution in [0.2, 0.25) is 0 Å². The van der Waals surface area contributed by atoms with Crippen molar-refractivity contribution in [2.75, 3.05) is 13.2 Å². The summed E-state index contributed by atoms with van der Waals surface area (Å²) in [7, 11) is 0. The van der Waals surface area contributed by atoms with Gasteiger partial charge < -0.3 is 9.47 Å². The number of hydrogen-bond acceptors (Lipinski definition) is 3. The zero-order valence-corrected chi connectivity index (χ0v) is 13.0. The summed E-state index contributed by atoms with van der Waals surface area (Å²) in [5, 5.41) is 0. The number of aryl methyl sites for hydroxylation is 1. The molecule has 0 atom stereocenters. The topological polar surface area (TPSA) is 27.7 Å². The Labute approximate surface area is 138 Å². The Balaban J connectivity index is 1.62. The minimum absolute atomic E-state index is 0.163. The average molecular weight is 338 g/mol. The van der Waals surface area contributed by atoms with E-state index in [0.717, 1.165) is 16.7 Å². The molecular weight excluding hydrogens is 321 g/mol. The van der Waals surface area contributed by atoms with Crippen molar-refractivity contribution in [3.63, 3.8) is 0 Å². The van der Waals surface area contributed by atoms with Crippen molar-refractivity contribution in [3.05, 3.63) is 59.7 Å². The molecule has 0 N–H and O–H groups in total. The fraction of sp³-hybridized carbons (Fsp3) is 0.333. The lowest BCUT2D eigenvalue weighted by Gasteiger charge is -2.29. The summed E-state index contributed by atoms with van der Waals surface area (Å²) >= 11 is 0. The van der Waals surface area contributed by atoms with Gasteiger partial charge in [0.1, 0.15) is 6.10 Å². The number of rotatable bonds is 3. The molecule has 2 aromatic carbocycles. The van der Waals surface area contributed by atoms with Gasteiger partial charge in [-0.2, -0.15) is 0 Å². The molecule has 1 saturated heterocycles. The van der Waals surface area contributed by atoms with Crippen molar-refractivity contribution in [1.29, 1.82) is 0 Å². The number of halogens is 3. The van der Waals surface area contributed by atoms with Gasteiger partial charge in [-0.1, -0.05) is 54.1 Å². The van der Waals surface area contributed by atoms with Gasteiger partial charge in [-0.25, -0.2) is 0 Å². The molecule has 3 nitrogen and oxygen atoms in total. The lowest BCUT2D eigenvalue weighted by Crippen LogP contribution is -2.37. The van der Waals surface area contributed by atoms with E-state index in [9.17, 15) is 13.2 Å². The Morgan fingerprint density at radius 2 is 1.38 bits per heavy atom. The molecule has 0 aromatic heterocycles. The van der Waals surface area contributed by atoms with Gasteiger partial charge in [0.05, 0.1) is 13.2 Å². The summed E-state index contributed by atoms with van der Waals surface area (Å²) in [5.41, 5.74) is 4.09. The third-order valence-corrected chi connectivity index (χ3v) is 3.74. The van der Waals surface area contributed by atoms with E-state index in [1.54, 1.807) is 0 Å². The van der Waals surface area contributed by atoms with Crippen LogP contribution in [0, 0.1) is 6.92 Å². The molecule has 0 amide bonds. The molecule has 2 aromatic rings. The van der Waals surface area contributed by atoms with Crippen LogP contribution in [0.4, 0.5) is 13.2 Å². The molecule has 1 aliphatic rings. The molecular formula is C18H17F3O3. The van der Waals surface area contributed by atoms with E-state index >= 15 is 0 Å². The molecule has 1 aliphatic heterocycles. The normalized spacial score (nSPS) is 21.7. The Morgan fingerprint density at radius 3 is 1.88 bits per heavy atom. The Bertz CT molecular complexity index is 657. The zero-order chi connectivity index (χ0) is 17.2. The zero-order valence-electron chi connectivity index (χ0n) is 13.0. The van der Waals surface area contributed by atoms with Crippen LogP contribution >= 0.6 is 0 Å². The Morgan fingerprint density at radius 1 is 0.875 bits per heavy atom. The van der Waals surface area contributed by atoms with Crippen LogP contribution < -0.4 is 0 Å². The first-order chi connectivity index (χ1) is 11.4. The van der Waals surface area contributed by atoms with E-state index in [1.165, 1.54) is 5.56 Å². The van der Waals surface area contributed by atoms with Gasteiger partial charge in [0.15, 0.2) is 6.29 Å². The first-order valence-corrected chi connectivity index (χ1v) is 7.55. The van der Waals surface area contributed by atoms with E-state index in [2.05, 4.69) is 4.74 Å². The summed E-state index contributed by atoms with van der Waals surface area (Å²) in [4.78, 5) is 0. The lowest BCUT2D eigenvalue weighted by atomic mass is 10.0. The molecule has 128 valence electrons. The van der Waals surface area contributed by atoms with Crippen molar-refractivity contribution >= 4 is 0 Å². The lowest BCUT2D eigenvalue weighted by molar-refractivity contribution is -0.368. The summed E-state index contributed by atoms with van der Waals surface area (Å²) in [6, 6.07) is 15.7. The first-order valence-electron chi connectivity index (χ1n) is 7.55. The van der Waals surface area contributed by atoms with E-state index < -0.39 is 18.8 Å². The summed E-state index contributed by atoms with van der Waals surface area (Å²) in [6.07, 6.45) is -6.49. The maximum Gasteiger partial charge on any atom is 0.522 e. The minimum atomic E-state index is -4.68.